The van der Waals surface area contributed by atoms with Gasteiger partial charge in [0.2, 0.25) is 0 Å². The van der Waals surface area contributed by atoms with Gasteiger partial charge in [0.15, 0.2) is 0 Å². The maximum absolute atomic E-state index is 12.7. The van der Waals surface area contributed by atoms with Gasteiger partial charge in [0, 0.05) is 37.9 Å². The number of pyridine rings is 1. The minimum Gasteiger partial charge on any atom is -0.395 e. The molecule has 8 heteroatoms. The third kappa shape index (κ3) is 4.55. The van der Waals surface area contributed by atoms with E-state index in [2.05, 4.69) is 26.8 Å². The Morgan fingerprint density at radius 2 is 2.10 bits per heavy atom. The van der Waals surface area contributed by atoms with Crippen molar-refractivity contribution in [2.45, 2.75) is 38.1 Å². The van der Waals surface area contributed by atoms with Gasteiger partial charge in [0.05, 0.1) is 17.2 Å². The van der Waals surface area contributed by atoms with Crippen molar-refractivity contribution in [2.24, 2.45) is 13.0 Å². The van der Waals surface area contributed by atoms with Crippen LogP contribution in [0.3, 0.4) is 0 Å². The highest BCUT2D eigenvalue weighted by atomic mass is 32.1. The second-order valence-electron chi connectivity index (χ2n) is 7.98. The predicted octanol–water partition coefficient (Wildman–Crippen LogP) is 2.82. The number of aryl methyl sites for hydroxylation is 1. The van der Waals surface area contributed by atoms with Crippen LogP contribution < -0.4 is 10.6 Å². The van der Waals surface area contributed by atoms with Crippen LogP contribution in [0.1, 0.15) is 52.5 Å². The number of hydrogen-bond donors (Lipinski definition) is 3. The highest BCUT2D eigenvalue weighted by Gasteiger charge is 2.29. The van der Waals surface area contributed by atoms with Crippen LogP contribution in [-0.2, 0) is 13.6 Å². The number of carbonyl (C=O) groups excluding carboxylic acids is 1. The van der Waals surface area contributed by atoms with Gasteiger partial charge in [-0.15, -0.1) is 11.3 Å². The maximum Gasteiger partial charge on any atom is 0.261 e. The first kappa shape index (κ1) is 21.0. The first-order valence-corrected chi connectivity index (χ1v) is 11.4. The first-order valence-electron chi connectivity index (χ1n) is 10.6. The van der Waals surface area contributed by atoms with E-state index >= 15 is 0 Å². The van der Waals surface area contributed by atoms with Gasteiger partial charge >= 0.3 is 0 Å². The zero-order valence-corrected chi connectivity index (χ0v) is 18.1. The first-order chi connectivity index (χ1) is 14.7. The molecule has 0 aromatic carbocycles. The van der Waals surface area contributed by atoms with E-state index in [0.717, 1.165) is 59.4 Å². The van der Waals surface area contributed by atoms with Gasteiger partial charge in [0.25, 0.3) is 5.91 Å². The van der Waals surface area contributed by atoms with Crippen LogP contribution in [0.15, 0.2) is 30.6 Å². The number of thiophene rings is 1. The number of amides is 1. The Morgan fingerprint density at radius 1 is 1.27 bits per heavy atom. The molecule has 0 unspecified atom stereocenters. The average Bonchev–Trinajstić information content (AvgIpc) is 3.36. The second kappa shape index (κ2) is 9.68. The third-order valence-electron chi connectivity index (χ3n) is 6.02. The van der Waals surface area contributed by atoms with Gasteiger partial charge in [-0.1, -0.05) is 6.07 Å². The van der Waals surface area contributed by atoms with Gasteiger partial charge in [-0.05, 0) is 61.8 Å². The van der Waals surface area contributed by atoms with Crippen LogP contribution in [0.4, 0.5) is 0 Å². The molecule has 4 rings (SSSR count). The summed E-state index contributed by atoms with van der Waals surface area (Å²) in [6, 6.07) is 6.07. The standard InChI is InChI=1S/C22H29N5O2S/c1-27-17(8-10-26-27)14-23-13-15-4-6-16(7-5-15)19-18-3-2-9-25-22(18)30-20(19)21(29)24-11-12-28/h2-3,8-10,15-16,23,28H,4-7,11-14H2,1H3,(H,24,29). The van der Waals surface area contributed by atoms with Crippen LogP contribution in [0.25, 0.3) is 10.2 Å². The molecule has 0 saturated heterocycles. The van der Waals surface area contributed by atoms with Crippen molar-refractivity contribution in [1.82, 2.24) is 25.4 Å². The quantitative estimate of drug-likeness (QED) is 0.514. The Labute approximate surface area is 180 Å². The van der Waals surface area contributed by atoms with Crippen LogP contribution in [-0.4, -0.2) is 45.5 Å². The molecule has 1 aliphatic carbocycles. The fourth-order valence-electron chi connectivity index (χ4n) is 4.41. The van der Waals surface area contributed by atoms with Gasteiger partial charge in [-0.25, -0.2) is 4.98 Å². The largest absolute Gasteiger partial charge is 0.395 e. The Morgan fingerprint density at radius 3 is 2.83 bits per heavy atom. The maximum atomic E-state index is 12.7. The summed E-state index contributed by atoms with van der Waals surface area (Å²) >= 11 is 1.47. The van der Waals surface area contributed by atoms with E-state index in [1.54, 1.807) is 6.20 Å². The fourth-order valence-corrected chi connectivity index (χ4v) is 5.56. The molecule has 0 aliphatic heterocycles. The number of nitrogens with zero attached hydrogens (tertiary/aromatic N) is 3. The summed E-state index contributed by atoms with van der Waals surface area (Å²) in [4.78, 5) is 18.9. The number of carbonyl (C=O) groups is 1. The lowest BCUT2D eigenvalue weighted by Gasteiger charge is -2.29. The molecule has 7 nitrogen and oxygen atoms in total. The van der Waals surface area contributed by atoms with Crippen LogP contribution in [0.2, 0.25) is 0 Å². The molecule has 1 amide bonds. The summed E-state index contributed by atoms with van der Waals surface area (Å²) in [5, 5.41) is 20.8. The van der Waals surface area contributed by atoms with Crippen molar-refractivity contribution < 1.29 is 9.90 Å². The fraction of sp³-hybridized carbons (Fsp3) is 0.500. The topological polar surface area (TPSA) is 92.1 Å². The smallest absolute Gasteiger partial charge is 0.261 e. The Hall–Kier alpha value is -2.29. The minimum absolute atomic E-state index is 0.0544. The highest BCUT2D eigenvalue weighted by molar-refractivity contribution is 7.20. The van der Waals surface area contributed by atoms with Gasteiger partial charge in [-0.3, -0.25) is 9.48 Å². The summed E-state index contributed by atoms with van der Waals surface area (Å²) < 4.78 is 1.91. The summed E-state index contributed by atoms with van der Waals surface area (Å²) in [6.07, 6.45) is 8.08. The number of aliphatic hydroxyl groups excluding tert-OH is 1. The molecule has 3 heterocycles. The average molecular weight is 428 g/mol. The number of fused-ring (bicyclic) bond motifs is 1. The number of rotatable bonds is 8. The van der Waals surface area contributed by atoms with E-state index in [-0.39, 0.29) is 19.1 Å². The van der Waals surface area contributed by atoms with Crippen molar-refractivity contribution in [3.05, 3.63) is 46.7 Å². The third-order valence-corrected chi connectivity index (χ3v) is 7.15. The lowest BCUT2D eigenvalue weighted by molar-refractivity contribution is 0.0947. The van der Waals surface area contributed by atoms with Crippen molar-refractivity contribution in [1.29, 1.82) is 0 Å². The Kier molecular flexibility index (Phi) is 6.76. The zero-order chi connectivity index (χ0) is 20.9. The molecular formula is C22H29N5O2S. The molecule has 0 radical (unpaired) electrons. The van der Waals surface area contributed by atoms with Crippen molar-refractivity contribution in [3.63, 3.8) is 0 Å². The number of hydrogen-bond acceptors (Lipinski definition) is 6. The van der Waals surface area contributed by atoms with Crippen molar-refractivity contribution >= 4 is 27.5 Å². The van der Waals surface area contributed by atoms with Crippen molar-refractivity contribution in [3.8, 4) is 0 Å². The van der Waals surface area contributed by atoms with Gasteiger partial charge < -0.3 is 15.7 Å². The number of nitrogens with one attached hydrogen (secondary N) is 2. The van der Waals surface area contributed by atoms with Crippen LogP contribution >= 0.6 is 11.3 Å². The Bertz CT molecular complexity index is 990. The molecule has 1 aliphatic rings. The summed E-state index contributed by atoms with van der Waals surface area (Å²) in [6.45, 7) is 2.07. The lowest BCUT2D eigenvalue weighted by atomic mass is 9.78. The normalized spacial score (nSPS) is 19.3. The van der Waals surface area contributed by atoms with Crippen molar-refractivity contribution in [2.75, 3.05) is 19.7 Å². The van der Waals surface area contributed by atoms with E-state index in [0.29, 0.717) is 11.8 Å². The van der Waals surface area contributed by atoms with E-state index < -0.39 is 0 Å². The molecule has 1 fully saturated rings. The monoisotopic (exact) mass is 427 g/mol. The molecule has 30 heavy (non-hydrogen) atoms. The summed E-state index contributed by atoms with van der Waals surface area (Å²) in [5.41, 5.74) is 2.35. The second-order valence-corrected chi connectivity index (χ2v) is 8.97. The molecule has 3 aromatic rings. The van der Waals surface area contributed by atoms with E-state index in [4.69, 9.17) is 5.11 Å². The number of aliphatic hydroxyl groups is 1. The van der Waals surface area contributed by atoms with E-state index in [1.807, 2.05) is 30.1 Å². The SMILES string of the molecule is Cn1nccc1CNCC1CCC(c2c(C(=O)NCCO)sc3ncccc23)CC1. The molecular weight excluding hydrogens is 398 g/mol. The van der Waals surface area contributed by atoms with Crippen LogP contribution in [0.5, 0.6) is 0 Å². The molecule has 0 bridgehead atoms. The highest BCUT2D eigenvalue weighted by Crippen LogP contribution is 2.43. The Balaban J connectivity index is 1.41. The molecule has 3 N–H and O–H groups in total. The summed E-state index contributed by atoms with van der Waals surface area (Å²) in [7, 11) is 1.97. The summed E-state index contributed by atoms with van der Waals surface area (Å²) in [5.74, 6) is 0.942. The molecule has 3 aromatic heterocycles. The molecule has 0 spiro atoms. The zero-order valence-electron chi connectivity index (χ0n) is 17.3. The van der Waals surface area contributed by atoms with Gasteiger partial charge in [-0.2, -0.15) is 5.10 Å². The van der Waals surface area contributed by atoms with E-state index in [9.17, 15) is 4.79 Å². The van der Waals surface area contributed by atoms with Gasteiger partial charge in [0.1, 0.15) is 4.83 Å². The predicted molar refractivity (Wildman–Crippen MR) is 119 cm³/mol. The lowest BCUT2D eigenvalue weighted by Crippen LogP contribution is -2.28. The van der Waals surface area contributed by atoms with E-state index in [1.165, 1.54) is 17.0 Å². The molecule has 1 saturated carbocycles. The minimum atomic E-state index is -0.0954. The van der Waals surface area contributed by atoms with Crippen LogP contribution in [0, 0.1) is 5.92 Å². The number of aromatic nitrogens is 3. The molecule has 160 valence electrons. The molecule has 0 atom stereocenters.